The third-order valence-corrected chi connectivity index (χ3v) is 1.51. The molecule has 0 saturated carbocycles. The van der Waals surface area contributed by atoms with E-state index in [-0.39, 0.29) is 0 Å². The first-order chi connectivity index (χ1) is 6.29. The molecular formula is C9H12N3O. The molecule has 0 atom stereocenters. The maximum absolute atomic E-state index is 10.2. The molecule has 1 rings (SSSR count). The maximum Gasteiger partial charge on any atom is 0.333 e. The third kappa shape index (κ3) is 4.00. The van der Waals surface area contributed by atoms with Gasteiger partial charge in [0.2, 0.25) is 0 Å². The Kier molecular flexibility index (Phi) is 3.63. The number of carbonyl (C=O) groups is 1. The molecule has 0 unspecified atom stereocenters. The Morgan fingerprint density at radius 3 is 2.54 bits per heavy atom. The summed E-state index contributed by atoms with van der Waals surface area (Å²) in [7, 11) is 0. The van der Waals surface area contributed by atoms with Gasteiger partial charge in [-0.25, -0.2) is 10.5 Å². The van der Waals surface area contributed by atoms with E-state index >= 15 is 0 Å². The summed E-state index contributed by atoms with van der Waals surface area (Å²) >= 11 is 0. The molecule has 13 heavy (non-hydrogen) atoms. The zero-order chi connectivity index (χ0) is 9.52. The molecule has 2 amide bonds. The van der Waals surface area contributed by atoms with Gasteiger partial charge in [0.25, 0.3) is 0 Å². The lowest BCUT2D eigenvalue weighted by Gasteiger charge is -2.05. The van der Waals surface area contributed by atoms with Gasteiger partial charge >= 0.3 is 6.03 Å². The summed E-state index contributed by atoms with van der Waals surface area (Å²) in [6.07, 6.45) is 0. The fourth-order valence-corrected chi connectivity index (χ4v) is 0.939. The zero-order valence-electron chi connectivity index (χ0n) is 7.21. The van der Waals surface area contributed by atoms with Crippen LogP contribution in [0.15, 0.2) is 30.3 Å². The number of para-hydroxylation sites is 1. The first-order valence-corrected chi connectivity index (χ1v) is 4.07. The molecule has 1 aromatic rings. The first kappa shape index (κ1) is 9.38. The highest BCUT2D eigenvalue weighted by Crippen LogP contribution is 2.03. The number of amides is 2. The number of benzene rings is 1. The van der Waals surface area contributed by atoms with Crippen LogP contribution < -0.4 is 16.4 Å². The predicted molar refractivity (Wildman–Crippen MR) is 51.4 cm³/mol. The van der Waals surface area contributed by atoms with Gasteiger partial charge in [0, 0.05) is 18.8 Å². The molecule has 0 saturated heterocycles. The minimum Gasteiger partial charge on any atom is -0.383 e. The van der Waals surface area contributed by atoms with E-state index < -0.39 is 6.03 Å². The van der Waals surface area contributed by atoms with Crippen molar-refractivity contribution in [3.05, 3.63) is 30.3 Å². The summed E-state index contributed by atoms with van der Waals surface area (Å²) in [5, 5.41) is 5.48. The molecule has 0 bridgehead atoms. The van der Waals surface area contributed by atoms with Gasteiger partial charge < -0.3 is 10.6 Å². The van der Waals surface area contributed by atoms with Crippen molar-refractivity contribution in [1.82, 2.24) is 11.1 Å². The van der Waals surface area contributed by atoms with Gasteiger partial charge in [-0.1, -0.05) is 18.2 Å². The van der Waals surface area contributed by atoms with Crippen LogP contribution in [0.3, 0.4) is 0 Å². The Morgan fingerprint density at radius 2 is 1.92 bits per heavy atom. The molecule has 0 heterocycles. The molecular weight excluding hydrogens is 166 g/mol. The molecule has 1 radical (unpaired) electrons. The average Bonchev–Trinajstić information content (AvgIpc) is 2.14. The summed E-state index contributed by atoms with van der Waals surface area (Å²) in [4.78, 5) is 10.2. The second-order valence-corrected chi connectivity index (χ2v) is 2.55. The Labute approximate surface area is 77.1 Å². The van der Waals surface area contributed by atoms with Crippen molar-refractivity contribution >= 4 is 11.7 Å². The van der Waals surface area contributed by atoms with Crippen LogP contribution in [-0.2, 0) is 0 Å². The highest BCUT2D eigenvalue weighted by Gasteiger charge is 1.91. The van der Waals surface area contributed by atoms with E-state index in [0.29, 0.717) is 13.1 Å². The predicted octanol–water partition coefficient (Wildman–Crippen LogP) is 1.09. The van der Waals surface area contributed by atoms with Crippen molar-refractivity contribution < 1.29 is 4.79 Å². The van der Waals surface area contributed by atoms with Crippen LogP contribution in [0.1, 0.15) is 0 Å². The highest BCUT2D eigenvalue weighted by atomic mass is 16.2. The van der Waals surface area contributed by atoms with Crippen molar-refractivity contribution in [1.29, 1.82) is 0 Å². The molecule has 0 aliphatic rings. The molecule has 4 nitrogen and oxygen atoms in total. The lowest BCUT2D eigenvalue weighted by molar-refractivity contribution is 0.248. The minimum absolute atomic E-state index is 0.469. The molecule has 4 heteroatoms. The minimum atomic E-state index is -0.741. The lowest BCUT2D eigenvalue weighted by Crippen LogP contribution is -2.27. The van der Waals surface area contributed by atoms with E-state index in [1.54, 1.807) is 0 Å². The lowest BCUT2D eigenvalue weighted by atomic mass is 10.3. The smallest absolute Gasteiger partial charge is 0.333 e. The number of urea groups is 1. The van der Waals surface area contributed by atoms with Crippen molar-refractivity contribution in [3.63, 3.8) is 0 Å². The average molecular weight is 178 g/mol. The van der Waals surface area contributed by atoms with Crippen LogP contribution in [0.5, 0.6) is 0 Å². The fourth-order valence-electron chi connectivity index (χ4n) is 0.939. The number of hydrogen-bond acceptors (Lipinski definition) is 2. The molecule has 3 N–H and O–H groups in total. The van der Waals surface area contributed by atoms with Crippen LogP contribution in [0, 0.1) is 0 Å². The van der Waals surface area contributed by atoms with E-state index in [1.165, 1.54) is 0 Å². The first-order valence-electron chi connectivity index (χ1n) is 4.07. The van der Waals surface area contributed by atoms with E-state index in [4.69, 9.17) is 5.73 Å². The standard InChI is InChI=1S/C9H12N3O/c10-9(13)12-7-6-11-8-4-2-1-3-5-8/h1-5,10-11H,6-7H2,(H,12,13). The van der Waals surface area contributed by atoms with Gasteiger partial charge in [-0.3, -0.25) is 0 Å². The van der Waals surface area contributed by atoms with Gasteiger partial charge in [-0.2, -0.15) is 0 Å². The van der Waals surface area contributed by atoms with E-state index in [1.807, 2.05) is 30.3 Å². The number of carbonyl (C=O) groups excluding carboxylic acids is 1. The third-order valence-electron chi connectivity index (χ3n) is 1.51. The highest BCUT2D eigenvalue weighted by molar-refractivity contribution is 5.70. The van der Waals surface area contributed by atoms with Gasteiger partial charge in [0.1, 0.15) is 0 Å². The van der Waals surface area contributed by atoms with Gasteiger partial charge in [0.05, 0.1) is 0 Å². The number of nitrogens with one attached hydrogen (secondary N) is 3. The Hall–Kier alpha value is -1.71. The second-order valence-electron chi connectivity index (χ2n) is 2.55. The Bertz CT molecular complexity index is 261. The molecule has 0 spiro atoms. The van der Waals surface area contributed by atoms with Crippen molar-refractivity contribution in [3.8, 4) is 0 Å². The Balaban J connectivity index is 2.17. The molecule has 0 aromatic heterocycles. The number of anilines is 1. The summed E-state index contributed by atoms with van der Waals surface area (Å²) in [5.41, 5.74) is 7.60. The largest absolute Gasteiger partial charge is 0.383 e. The molecule has 0 fully saturated rings. The fraction of sp³-hybridized carbons (Fsp3) is 0.222. The molecule has 0 aliphatic heterocycles. The second kappa shape index (κ2) is 5.03. The summed E-state index contributed by atoms with van der Waals surface area (Å²) in [6.45, 7) is 1.10. The monoisotopic (exact) mass is 178 g/mol. The van der Waals surface area contributed by atoms with E-state index in [0.717, 1.165) is 5.69 Å². The van der Waals surface area contributed by atoms with Gasteiger partial charge in [-0.15, -0.1) is 0 Å². The number of hydrogen-bond donors (Lipinski definition) is 2. The summed E-state index contributed by atoms with van der Waals surface area (Å²) < 4.78 is 0. The van der Waals surface area contributed by atoms with Crippen LogP contribution in [0.25, 0.3) is 0 Å². The van der Waals surface area contributed by atoms with Crippen LogP contribution >= 0.6 is 0 Å². The van der Waals surface area contributed by atoms with Crippen molar-refractivity contribution in [2.45, 2.75) is 0 Å². The van der Waals surface area contributed by atoms with E-state index in [9.17, 15) is 4.79 Å². The number of rotatable bonds is 4. The summed E-state index contributed by atoms with van der Waals surface area (Å²) in [5.74, 6) is 0. The molecule has 0 aliphatic carbocycles. The summed E-state index contributed by atoms with van der Waals surface area (Å²) in [6, 6.07) is 8.97. The molecule has 1 aromatic carbocycles. The van der Waals surface area contributed by atoms with Crippen LogP contribution in [0.2, 0.25) is 0 Å². The van der Waals surface area contributed by atoms with Gasteiger partial charge in [0.15, 0.2) is 0 Å². The van der Waals surface area contributed by atoms with Gasteiger partial charge in [-0.05, 0) is 12.1 Å². The van der Waals surface area contributed by atoms with E-state index in [2.05, 4.69) is 10.6 Å². The van der Waals surface area contributed by atoms with Crippen LogP contribution in [-0.4, -0.2) is 19.1 Å². The maximum atomic E-state index is 10.2. The van der Waals surface area contributed by atoms with Crippen molar-refractivity contribution in [2.75, 3.05) is 18.4 Å². The van der Waals surface area contributed by atoms with Crippen molar-refractivity contribution in [2.24, 2.45) is 0 Å². The Morgan fingerprint density at radius 1 is 1.23 bits per heavy atom. The normalized spacial score (nSPS) is 9.23. The topological polar surface area (TPSA) is 64.9 Å². The molecule has 69 valence electrons. The zero-order valence-corrected chi connectivity index (χ0v) is 7.21. The SMILES string of the molecule is [NH]C(=O)NCCNc1ccccc1. The quantitative estimate of drug-likeness (QED) is 0.678. The van der Waals surface area contributed by atoms with Crippen LogP contribution in [0.4, 0.5) is 10.5 Å².